The molecular weight excluding hydrogens is 351 g/mol. The van der Waals surface area contributed by atoms with E-state index in [-0.39, 0.29) is 5.82 Å². The van der Waals surface area contributed by atoms with Crippen LogP contribution in [0.5, 0.6) is 0 Å². The number of nitrogens with one attached hydrogen (secondary N) is 1. The van der Waals surface area contributed by atoms with Crippen LogP contribution in [-0.4, -0.2) is 9.55 Å². The standard InChI is InChI=1S/C16H20BrFN2S/c1-2-3-10-4-6-11(7-5-10)20-15-9-13(18)12(17)8-14(15)19-16(20)21/h8-11H,2-7H2,1H3,(H,19,21). The molecule has 1 aromatic carbocycles. The average Bonchev–Trinajstić information content (AvgIpc) is 2.76. The second kappa shape index (κ2) is 6.21. The van der Waals surface area contributed by atoms with Gasteiger partial charge in [-0.25, -0.2) is 4.39 Å². The van der Waals surface area contributed by atoms with Gasteiger partial charge in [-0.1, -0.05) is 19.8 Å². The SMILES string of the molecule is CCCC1CCC(n2c(=S)[nH]c3cc(Br)c(F)cc32)CC1. The van der Waals surface area contributed by atoms with Gasteiger partial charge in [-0.2, -0.15) is 0 Å². The highest BCUT2D eigenvalue weighted by molar-refractivity contribution is 9.10. The van der Waals surface area contributed by atoms with Crippen molar-refractivity contribution in [1.82, 2.24) is 9.55 Å². The molecule has 0 radical (unpaired) electrons. The molecule has 2 nitrogen and oxygen atoms in total. The van der Waals surface area contributed by atoms with E-state index in [1.54, 1.807) is 12.1 Å². The number of hydrogen-bond acceptors (Lipinski definition) is 1. The molecule has 0 amide bonds. The number of imidazole rings is 1. The van der Waals surface area contributed by atoms with Crippen LogP contribution < -0.4 is 0 Å². The van der Waals surface area contributed by atoms with E-state index in [9.17, 15) is 4.39 Å². The lowest BCUT2D eigenvalue weighted by atomic mass is 9.83. The maximum absolute atomic E-state index is 13.9. The van der Waals surface area contributed by atoms with E-state index in [2.05, 4.69) is 32.4 Å². The minimum Gasteiger partial charge on any atom is -0.331 e. The molecule has 2 aromatic rings. The first-order valence-corrected chi connectivity index (χ1v) is 8.89. The Morgan fingerprint density at radius 3 is 2.71 bits per heavy atom. The summed E-state index contributed by atoms with van der Waals surface area (Å²) in [7, 11) is 0. The van der Waals surface area contributed by atoms with Crippen molar-refractivity contribution in [3.63, 3.8) is 0 Å². The molecule has 1 saturated carbocycles. The Labute approximate surface area is 137 Å². The number of aromatic amines is 1. The molecule has 3 rings (SSSR count). The van der Waals surface area contributed by atoms with E-state index in [4.69, 9.17) is 12.2 Å². The van der Waals surface area contributed by atoms with Gasteiger partial charge in [-0.15, -0.1) is 0 Å². The summed E-state index contributed by atoms with van der Waals surface area (Å²) in [6.45, 7) is 2.25. The fraction of sp³-hybridized carbons (Fsp3) is 0.562. The molecule has 21 heavy (non-hydrogen) atoms. The first-order valence-electron chi connectivity index (χ1n) is 7.69. The minimum atomic E-state index is -0.232. The summed E-state index contributed by atoms with van der Waals surface area (Å²) < 4.78 is 17.2. The molecule has 1 fully saturated rings. The largest absolute Gasteiger partial charge is 0.331 e. The second-order valence-electron chi connectivity index (χ2n) is 6.05. The Morgan fingerprint density at radius 2 is 2.05 bits per heavy atom. The maximum atomic E-state index is 13.9. The summed E-state index contributed by atoms with van der Waals surface area (Å²) in [5.41, 5.74) is 1.79. The molecule has 1 aromatic heterocycles. The van der Waals surface area contributed by atoms with Gasteiger partial charge in [0.05, 0.1) is 15.5 Å². The van der Waals surface area contributed by atoms with Crippen molar-refractivity contribution in [3.05, 3.63) is 27.2 Å². The van der Waals surface area contributed by atoms with E-state index in [0.29, 0.717) is 15.3 Å². The Morgan fingerprint density at radius 1 is 1.33 bits per heavy atom. The summed E-state index contributed by atoms with van der Waals surface area (Å²) in [5.74, 6) is 0.626. The van der Waals surface area contributed by atoms with Crippen LogP contribution in [0.25, 0.3) is 11.0 Å². The van der Waals surface area contributed by atoms with Crippen molar-refractivity contribution in [2.45, 2.75) is 51.5 Å². The van der Waals surface area contributed by atoms with Crippen LogP contribution in [0.3, 0.4) is 0 Å². The number of H-pyrrole nitrogens is 1. The van der Waals surface area contributed by atoms with E-state index in [1.165, 1.54) is 25.7 Å². The molecule has 1 heterocycles. The maximum Gasteiger partial charge on any atom is 0.178 e. The second-order valence-corrected chi connectivity index (χ2v) is 7.29. The van der Waals surface area contributed by atoms with Crippen LogP contribution in [0, 0.1) is 16.5 Å². The van der Waals surface area contributed by atoms with Crippen molar-refractivity contribution in [2.75, 3.05) is 0 Å². The number of benzene rings is 1. The summed E-state index contributed by atoms with van der Waals surface area (Å²) in [5, 5.41) is 0. The third-order valence-electron chi connectivity index (χ3n) is 4.64. The molecular formula is C16H20BrFN2S. The van der Waals surface area contributed by atoms with Crippen LogP contribution in [-0.2, 0) is 0 Å². The van der Waals surface area contributed by atoms with E-state index >= 15 is 0 Å². The molecule has 0 bridgehead atoms. The zero-order chi connectivity index (χ0) is 15.0. The fourth-order valence-corrected chi connectivity index (χ4v) is 4.28. The number of nitrogens with zero attached hydrogens (tertiary/aromatic N) is 1. The predicted octanol–water partition coefficient (Wildman–Crippen LogP) is 6.13. The van der Waals surface area contributed by atoms with Crippen molar-refractivity contribution in [3.8, 4) is 0 Å². The first-order chi connectivity index (χ1) is 10.1. The first kappa shape index (κ1) is 15.2. The van der Waals surface area contributed by atoms with Gasteiger partial charge in [0.15, 0.2) is 4.77 Å². The fourth-order valence-electron chi connectivity index (χ4n) is 3.58. The van der Waals surface area contributed by atoms with E-state index < -0.39 is 0 Å². The lowest BCUT2D eigenvalue weighted by molar-refractivity contribution is 0.264. The summed E-state index contributed by atoms with van der Waals surface area (Å²) in [6, 6.07) is 3.77. The van der Waals surface area contributed by atoms with Gasteiger partial charge in [-0.3, -0.25) is 0 Å². The number of rotatable bonds is 3. The van der Waals surface area contributed by atoms with Gasteiger partial charge in [0.25, 0.3) is 0 Å². The third kappa shape index (κ3) is 2.95. The molecule has 0 spiro atoms. The van der Waals surface area contributed by atoms with Gasteiger partial charge in [0, 0.05) is 12.1 Å². The topological polar surface area (TPSA) is 20.7 Å². The highest BCUT2D eigenvalue weighted by Gasteiger charge is 2.24. The molecule has 0 aliphatic heterocycles. The van der Waals surface area contributed by atoms with Gasteiger partial charge in [-0.05, 0) is 65.8 Å². The van der Waals surface area contributed by atoms with Crippen molar-refractivity contribution < 1.29 is 4.39 Å². The van der Waals surface area contributed by atoms with Gasteiger partial charge in [0.1, 0.15) is 5.82 Å². The summed E-state index contributed by atoms with van der Waals surface area (Å²) in [6.07, 6.45) is 7.39. The van der Waals surface area contributed by atoms with Crippen LogP contribution >= 0.6 is 28.1 Å². The lowest BCUT2D eigenvalue weighted by Gasteiger charge is -2.29. The monoisotopic (exact) mass is 370 g/mol. The van der Waals surface area contributed by atoms with Crippen molar-refractivity contribution in [2.24, 2.45) is 5.92 Å². The van der Waals surface area contributed by atoms with Crippen LogP contribution in [0.1, 0.15) is 51.5 Å². The van der Waals surface area contributed by atoms with Gasteiger partial charge >= 0.3 is 0 Å². The third-order valence-corrected chi connectivity index (χ3v) is 5.54. The Hall–Kier alpha value is -0.680. The van der Waals surface area contributed by atoms with Crippen LogP contribution in [0.15, 0.2) is 16.6 Å². The summed E-state index contributed by atoms with van der Waals surface area (Å²) in [4.78, 5) is 3.21. The zero-order valence-electron chi connectivity index (χ0n) is 12.2. The van der Waals surface area contributed by atoms with Crippen LogP contribution in [0.4, 0.5) is 4.39 Å². The van der Waals surface area contributed by atoms with Gasteiger partial charge < -0.3 is 9.55 Å². The van der Waals surface area contributed by atoms with Gasteiger partial charge in [0.2, 0.25) is 0 Å². The van der Waals surface area contributed by atoms with Crippen molar-refractivity contribution in [1.29, 1.82) is 0 Å². The Balaban J connectivity index is 1.92. The number of aromatic nitrogens is 2. The normalized spacial score (nSPS) is 22.8. The number of hydrogen-bond donors (Lipinski definition) is 1. The lowest BCUT2D eigenvalue weighted by Crippen LogP contribution is -2.18. The number of halogens is 2. The molecule has 0 unspecified atom stereocenters. The molecule has 1 N–H and O–H groups in total. The van der Waals surface area contributed by atoms with E-state index in [0.717, 1.165) is 29.8 Å². The van der Waals surface area contributed by atoms with E-state index in [1.807, 2.05) is 0 Å². The molecule has 5 heteroatoms. The van der Waals surface area contributed by atoms with Crippen LogP contribution in [0.2, 0.25) is 0 Å². The Kier molecular flexibility index (Phi) is 4.50. The zero-order valence-corrected chi connectivity index (χ0v) is 14.6. The highest BCUT2D eigenvalue weighted by atomic mass is 79.9. The quantitative estimate of drug-likeness (QED) is 0.644. The molecule has 0 atom stereocenters. The minimum absolute atomic E-state index is 0.232. The number of fused-ring (bicyclic) bond motifs is 1. The highest BCUT2D eigenvalue weighted by Crippen LogP contribution is 2.36. The molecule has 1 aliphatic rings. The molecule has 114 valence electrons. The smallest absolute Gasteiger partial charge is 0.178 e. The van der Waals surface area contributed by atoms with Crippen molar-refractivity contribution >= 4 is 39.2 Å². The summed E-state index contributed by atoms with van der Waals surface area (Å²) >= 11 is 8.70. The predicted molar refractivity (Wildman–Crippen MR) is 90.7 cm³/mol. The molecule has 0 saturated heterocycles. The average molecular weight is 371 g/mol. The Bertz CT molecular complexity index is 698. The molecule has 1 aliphatic carbocycles.